The van der Waals surface area contributed by atoms with Gasteiger partial charge < -0.3 is 18.9 Å². The van der Waals surface area contributed by atoms with Gasteiger partial charge in [-0.1, -0.05) is 0 Å². The van der Waals surface area contributed by atoms with Crippen LogP contribution in [-0.4, -0.2) is 59.1 Å². The Bertz CT molecular complexity index is 488. The molecule has 7 nitrogen and oxygen atoms in total. The van der Waals surface area contributed by atoms with Crippen LogP contribution in [0.1, 0.15) is 17.3 Å². The molecule has 0 unspecified atom stereocenters. The summed E-state index contributed by atoms with van der Waals surface area (Å²) >= 11 is 0. The van der Waals surface area contributed by atoms with Crippen LogP contribution in [0.25, 0.3) is 0 Å². The maximum absolute atomic E-state index is 12.2. The van der Waals surface area contributed by atoms with Crippen molar-refractivity contribution in [1.82, 2.24) is 5.32 Å². The van der Waals surface area contributed by atoms with Gasteiger partial charge in [0, 0.05) is 19.3 Å². The average molecular weight is 324 g/mol. The minimum absolute atomic E-state index is 0.155. The predicted molar refractivity (Wildman–Crippen MR) is 87.1 cm³/mol. The number of carbonyl (C=O) groups excluding carboxylic acids is 1. The van der Waals surface area contributed by atoms with Crippen LogP contribution in [0.15, 0.2) is 29.3 Å². The molecule has 128 valence electrons. The molecule has 0 saturated carbocycles. The van der Waals surface area contributed by atoms with Gasteiger partial charge in [-0.15, -0.1) is 0 Å². The fourth-order valence-corrected chi connectivity index (χ4v) is 1.61. The first kappa shape index (κ1) is 18.9. The van der Waals surface area contributed by atoms with Crippen LogP contribution in [-0.2, 0) is 14.2 Å². The van der Waals surface area contributed by atoms with Crippen molar-refractivity contribution < 1.29 is 23.7 Å². The zero-order valence-electron chi connectivity index (χ0n) is 13.8. The molecular weight excluding hydrogens is 300 g/mol. The Morgan fingerprint density at radius 2 is 1.87 bits per heavy atom. The molecule has 0 spiro atoms. The highest BCUT2D eigenvalue weighted by Crippen LogP contribution is 2.11. The summed E-state index contributed by atoms with van der Waals surface area (Å²) in [6, 6.07) is 6.92. The van der Waals surface area contributed by atoms with Gasteiger partial charge in [0.05, 0.1) is 26.9 Å². The first-order valence-electron chi connectivity index (χ1n) is 7.40. The van der Waals surface area contributed by atoms with E-state index in [2.05, 4.69) is 10.3 Å². The van der Waals surface area contributed by atoms with Crippen LogP contribution >= 0.6 is 0 Å². The molecule has 1 aromatic rings. The number of hydrogen-bond acceptors (Lipinski definition) is 6. The van der Waals surface area contributed by atoms with Crippen LogP contribution in [0.3, 0.4) is 0 Å². The molecule has 0 bridgehead atoms. The number of rotatable bonds is 9. The van der Waals surface area contributed by atoms with E-state index < -0.39 is 0 Å². The highest BCUT2D eigenvalue weighted by molar-refractivity contribution is 6.04. The van der Waals surface area contributed by atoms with E-state index >= 15 is 0 Å². The Hall–Kier alpha value is -2.12. The summed E-state index contributed by atoms with van der Waals surface area (Å²) in [6.45, 7) is 4.08. The molecule has 1 aromatic carbocycles. The van der Waals surface area contributed by atoms with Gasteiger partial charge >= 0.3 is 0 Å². The highest BCUT2D eigenvalue weighted by atomic mass is 16.5. The summed E-state index contributed by atoms with van der Waals surface area (Å²) in [5.41, 5.74) is 0.485. The lowest BCUT2D eigenvalue weighted by Crippen LogP contribution is -2.33. The van der Waals surface area contributed by atoms with E-state index in [0.29, 0.717) is 44.3 Å². The summed E-state index contributed by atoms with van der Waals surface area (Å²) in [5, 5.41) is 2.64. The van der Waals surface area contributed by atoms with E-state index in [1.807, 2.05) is 6.92 Å². The molecule has 0 aliphatic carbocycles. The molecule has 0 aliphatic rings. The van der Waals surface area contributed by atoms with E-state index in [1.54, 1.807) is 38.5 Å². The average Bonchev–Trinajstić information content (AvgIpc) is 2.58. The molecule has 23 heavy (non-hydrogen) atoms. The van der Waals surface area contributed by atoms with Crippen molar-refractivity contribution in [2.75, 3.05) is 47.2 Å². The summed E-state index contributed by atoms with van der Waals surface area (Å²) in [5.74, 6) is 0.378. The molecule has 1 N–H and O–H groups in total. The van der Waals surface area contributed by atoms with Crippen molar-refractivity contribution >= 4 is 11.9 Å². The number of amides is 1. The molecule has 0 fully saturated rings. The zero-order valence-corrected chi connectivity index (χ0v) is 13.8. The van der Waals surface area contributed by atoms with Crippen molar-refractivity contribution in [3.63, 3.8) is 0 Å². The maximum Gasteiger partial charge on any atom is 0.291 e. The van der Waals surface area contributed by atoms with E-state index in [9.17, 15) is 4.79 Å². The normalized spacial score (nSPS) is 11.2. The van der Waals surface area contributed by atoms with Gasteiger partial charge in [0.2, 0.25) is 0 Å². The molecule has 0 atom stereocenters. The van der Waals surface area contributed by atoms with Gasteiger partial charge in [-0.3, -0.25) is 10.1 Å². The highest BCUT2D eigenvalue weighted by Gasteiger charge is 2.10. The minimum atomic E-state index is -0.305. The Balaban J connectivity index is 2.61. The van der Waals surface area contributed by atoms with Gasteiger partial charge in [-0.05, 0) is 31.2 Å². The Morgan fingerprint density at radius 1 is 1.13 bits per heavy atom. The summed E-state index contributed by atoms with van der Waals surface area (Å²) in [6.07, 6.45) is 0. The molecule has 0 aromatic heterocycles. The van der Waals surface area contributed by atoms with Gasteiger partial charge in [-0.25, -0.2) is 4.99 Å². The molecule has 0 radical (unpaired) electrons. The molecule has 0 aliphatic heterocycles. The van der Waals surface area contributed by atoms with Crippen LogP contribution in [0.4, 0.5) is 0 Å². The molecule has 0 saturated heterocycles. The topological polar surface area (TPSA) is 78.4 Å². The lowest BCUT2D eigenvalue weighted by Gasteiger charge is -2.11. The second-order valence-corrected chi connectivity index (χ2v) is 4.41. The predicted octanol–water partition coefficient (Wildman–Crippen LogP) is 1.48. The Kier molecular flexibility index (Phi) is 9.42. The summed E-state index contributed by atoms with van der Waals surface area (Å²) in [4.78, 5) is 16.4. The molecule has 1 amide bonds. The van der Waals surface area contributed by atoms with Crippen molar-refractivity contribution in [3.05, 3.63) is 29.8 Å². The van der Waals surface area contributed by atoms with E-state index in [4.69, 9.17) is 18.9 Å². The van der Waals surface area contributed by atoms with Crippen LogP contribution in [0, 0.1) is 0 Å². The van der Waals surface area contributed by atoms with Crippen molar-refractivity contribution in [1.29, 1.82) is 0 Å². The molecule has 1 rings (SSSR count). The second-order valence-electron chi connectivity index (χ2n) is 4.41. The minimum Gasteiger partial charge on any atom is -0.497 e. The maximum atomic E-state index is 12.2. The van der Waals surface area contributed by atoms with E-state index in [0.717, 1.165) is 0 Å². The largest absolute Gasteiger partial charge is 0.497 e. The second kappa shape index (κ2) is 11.4. The Morgan fingerprint density at radius 3 is 2.48 bits per heavy atom. The SMILES string of the molecule is CCOCCOC(=NCCOC)NC(=O)c1ccc(OC)cc1. The first-order chi connectivity index (χ1) is 11.2. The summed E-state index contributed by atoms with van der Waals surface area (Å²) < 4.78 is 20.6. The number of methoxy groups -OCH3 is 2. The van der Waals surface area contributed by atoms with E-state index in [1.165, 1.54) is 0 Å². The number of benzene rings is 1. The number of aliphatic imine (C=N–C) groups is 1. The van der Waals surface area contributed by atoms with Gasteiger partial charge in [0.1, 0.15) is 12.4 Å². The van der Waals surface area contributed by atoms with Gasteiger partial charge in [0.25, 0.3) is 11.9 Å². The van der Waals surface area contributed by atoms with Crippen molar-refractivity contribution in [3.8, 4) is 5.75 Å². The van der Waals surface area contributed by atoms with Gasteiger partial charge in [-0.2, -0.15) is 0 Å². The number of nitrogens with one attached hydrogen (secondary N) is 1. The van der Waals surface area contributed by atoms with Crippen molar-refractivity contribution in [2.45, 2.75) is 6.92 Å². The summed E-state index contributed by atoms with van der Waals surface area (Å²) in [7, 11) is 3.16. The zero-order chi connectivity index (χ0) is 16.9. The quantitative estimate of drug-likeness (QED) is 0.423. The van der Waals surface area contributed by atoms with Crippen LogP contribution in [0.2, 0.25) is 0 Å². The number of nitrogens with zero attached hydrogens (tertiary/aromatic N) is 1. The smallest absolute Gasteiger partial charge is 0.291 e. The van der Waals surface area contributed by atoms with Crippen LogP contribution < -0.4 is 10.1 Å². The fraction of sp³-hybridized carbons (Fsp3) is 0.500. The number of hydrogen-bond donors (Lipinski definition) is 1. The van der Waals surface area contributed by atoms with Crippen LogP contribution in [0.5, 0.6) is 5.75 Å². The number of carbonyl (C=O) groups is 1. The fourth-order valence-electron chi connectivity index (χ4n) is 1.61. The third-order valence-electron chi connectivity index (χ3n) is 2.79. The standard InChI is InChI=1S/C16H24N2O5/c1-4-22-11-12-23-16(17-9-10-20-2)18-15(19)13-5-7-14(21-3)8-6-13/h5-8H,4,9-12H2,1-3H3,(H,17,18,19). The third kappa shape index (κ3) is 7.62. The molecule has 0 heterocycles. The lowest BCUT2D eigenvalue weighted by molar-refractivity contribution is 0.0921. The molecular formula is C16H24N2O5. The monoisotopic (exact) mass is 324 g/mol. The third-order valence-corrected chi connectivity index (χ3v) is 2.79. The van der Waals surface area contributed by atoms with Crippen molar-refractivity contribution in [2.24, 2.45) is 4.99 Å². The number of ether oxygens (including phenoxy) is 4. The first-order valence-corrected chi connectivity index (χ1v) is 7.40. The lowest BCUT2D eigenvalue weighted by atomic mass is 10.2. The Labute approximate surface area is 136 Å². The van der Waals surface area contributed by atoms with E-state index in [-0.39, 0.29) is 11.9 Å². The number of amidine groups is 1. The van der Waals surface area contributed by atoms with Gasteiger partial charge in [0.15, 0.2) is 0 Å². The molecule has 7 heteroatoms.